The van der Waals surface area contributed by atoms with Crippen LogP contribution in [0.1, 0.15) is 28.8 Å². The fraction of sp³-hybridized carbons (Fsp3) is 0.476. The van der Waals surface area contributed by atoms with Crippen LogP contribution in [0.2, 0.25) is 0 Å². The maximum Gasteiger partial charge on any atom is 0.416 e. The highest BCUT2D eigenvalue weighted by atomic mass is 32.2. The van der Waals surface area contributed by atoms with Crippen LogP contribution in [0, 0.1) is 0 Å². The fourth-order valence-electron chi connectivity index (χ4n) is 3.59. The molecule has 1 aliphatic rings. The van der Waals surface area contributed by atoms with E-state index in [2.05, 4.69) is 10.3 Å². The number of carbonyl (C=O) groups is 1. The third kappa shape index (κ3) is 6.32. The Bertz CT molecular complexity index is 1100. The predicted molar refractivity (Wildman–Crippen MR) is 115 cm³/mol. The second-order valence-corrected chi connectivity index (χ2v) is 9.03. The minimum atomic E-state index is -5.02. The SMILES string of the molecule is CN(C)CCn1c2c(c(SCC(=O)Nc3cc(C(F)(F)F)cc(C(F)(F)F)c3)nc1=O)CCC2. The summed E-state index contributed by atoms with van der Waals surface area (Å²) < 4.78 is 79.7. The molecule has 13 heteroatoms. The number of amides is 1. The first-order chi connectivity index (χ1) is 15.8. The Labute approximate surface area is 195 Å². The summed E-state index contributed by atoms with van der Waals surface area (Å²) in [6, 6.07) is 0.877. The van der Waals surface area contributed by atoms with E-state index < -0.39 is 40.8 Å². The smallest absolute Gasteiger partial charge is 0.325 e. The number of nitrogens with one attached hydrogen (secondary N) is 1. The standard InChI is InChI=1S/C21H22F6N4O2S/c1-30(2)6-7-31-16-5-3-4-15(16)18(29-19(31)33)34-11-17(32)28-14-9-12(20(22,23)24)8-13(10-14)21(25,26)27/h8-10H,3-7,11H2,1-2H3,(H,28,32). The summed E-state index contributed by atoms with van der Waals surface area (Å²) in [4.78, 5) is 30.8. The number of thioether (sulfide) groups is 1. The highest BCUT2D eigenvalue weighted by molar-refractivity contribution is 8.00. The van der Waals surface area contributed by atoms with E-state index in [9.17, 15) is 35.9 Å². The molecule has 34 heavy (non-hydrogen) atoms. The van der Waals surface area contributed by atoms with Crippen LogP contribution in [-0.2, 0) is 36.5 Å². The number of carbonyl (C=O) groups excluding carboxylic acids is 1. The van der Waals surface area contributed by atoms with E-state index >= 15 is 0 Å². The van der Waals surface area contributed by atoms with Crippen LogP contribution in [-0.4, -0.2) is 46.8 Å². The van der Waals surface area contributed by atoms with Crippen molar-refractivity contribution in [2.24, 2.45) is 0 Å². The summed E-state index contributed by atoms with van der Waals surface area (Å²) in [5.41, 5.74) is -2.44. The monoisotopic (exact) mass is 508 g/mol. The average molecular weight is 508 g/mol. The summed E-state index contributed by atoms with van der Waals surface area (Å²) in [5.74, 6) is -1.15. The minimum absolute atomic E-state index is 0.0110. The molecule has 0 saturated carbocycles. The highest BCUT2D eigenvalue weighted by Gasteiger charge is 2.37. The molecule has 0 fully saturated rings. The number of halogens is 6. The van der Waals surface area contributed by atoms with Crippen molar-refractivity contribution in [2.45, 2.75) is 43.2 Å². The summed E-state index contributed by atoms with van der Waals surface area (Å²) >= 11 is 0.929. The lowest BCUT2D eigenvalue weighted by molar-refractivity contribution is -0.143. The Morgan fingerprint density at radius 3 is 2.26 bits per heavy atom. The zero-order valence-electron chi connectivity index (χ0n) is 18.3. The third-order valence-electron chi connectivity index (χ3n) is 5.18. The molecule has 1 aromatic carbocycles. The average Bonchev–Trinajstić information content (AvgIpc) is 3.19. The largest absolute Gasteiger partial charge is 0.416 e. The maximum atomic E-state index is 13.0. The van der Waals surface area contributed by atoms with Gasteiger partial charge in [-0.05, 0) is 51.6 Å². The molecule has 1 aromatic heterocycles. The van der Waals surface area contributed by atoms with Crippen molar-refractivity contribution in [3.05, 3.63) is 51.1 Å². The van der Waals surface area contributed by atoms with E-state index in [1.54, 1.807) is 4.57 Å². The van der Waals surface area contributed by atoms with E-state index in [1.807, 2.05) is 19.0 Å². The van der Waals surface area contributed by atoms with Gasteiger partial charge in [-0.3, -0.25) is 9.36 Å². The second-order valence-electron chi connectivity index (χ2n) is 8.06. The number of hydrogen-bond donors (Lipinski definition) is 1. The Kier molecular flexibility index (Phi) is 7.65. The molecule has 0 atom stereocenters. The lowest BCUT2D eigenvalue weighted by Crippen LogP contribution is -2.31. The van der Waals surface area contributed by atoms with E-state index in [-0.39, 0.29) is 11.8 Å². The van der Waals surface area contributed by atoms with Crippen molar-refractivity contribution in [3.8, 4) is 0 Å². The number of hydrogen-bond acceptors (Lipinski definition) is 5. The van der Waals surface area contributed by atoms with Crippen molar-refractivity contribution in [2.75, 3.05) is 31.7 Å². The van der Waals surface area contributed by atoms with Gasteiger partial charge in [-0.15, -0.1) is 0 Å². The molecule has 0 spiro atoms. The topological polar surface area (TPSA) is 67.2 Å². The first-order valence-electron chi connectivity index (χ1n) is 10.2. The Morgan fingerprint density at radius 1 is 1.09 bits per heavy atom. The molecule has 0 saturated heterocycles. The van der Waals surface area contributed by atoms with Crippen LogP contribution < -0.4 is 11.0 Å². The molecule has 6 nitrogen and oxygen atoms in total. The van der Waals surface area contributed by atoms with Gasteiger partial charge in [-0.1, -0.05) is 11.8 Å². The number of nitrogens with zero attached hydrogens (tertiary/aromatic N) is 3. The molecule has 186 valence electrons. The molecule has 3 rings (SSSR count). The van der Waals surface area contributed by atoms with Crippen LogP contribution in [0.5, 0.6) is 0 Å². The second kappa shape index (κ2) is 9.98. The van der Waals surface area contributed by atoms with Crippen molar-refractivity contribution in [3.63, 3.8) is 0 Å². The molecule has 0 radical (unpaired) electrons. The van der Waals surface area contributed by atoms with Crippen molar-refractivity contribution in [1.29, 1.82) is 0 Å². The normalized spacial score (nSPS) is 13.9. The number of benzene rings is 1. The zero-order valence-corrected chi connectivity index (χ0v) is 19.1. The molecular formula is C21H22F6N4O2S. The molecule has 1 amide bonds. The summed E-state index contributed by atoms with van der Waals surface area (Å²) in [7, 11) is 3.76. The molecule has 0 bridgehead atoms. The van der Waals surface area contributed by atoms with Crippen molar-refractivity contribution >= 4 is 23.4 Å². The lowest BCUT2D eigenvalue weighted by atomic mass is 10.1. The summed E-state index contributed by atoms with van der Waals surface area (Å²) in [6.45, 7) is 1.10. The van der Waals surface area contributed by atoms with Crippen LogP contribution in [0.4, 0.5) is 32.0 Å². The molecule has 1 aliphatic carbocycles. The van der Waals surface area contributed by atoms with Gasteiger partial charge in [-0.2, -0.15) is 31.3 Å². The van der Waals surface area contributed by atoms with E-state index in [0.29, 0.717) is 43.1 Å². The van der Waals surface area contributed by atoms with Crippen LogP contribution >= 0.6 is 11.8 Å². The predicted octanol–water partition coefficient (Wildman–Crippen LogP) is 4.06. The van der Waals surface area contributed by atoms with Crippen molar-refractivity contribution in [1.82, 2.24) is 14.5 Å². The summed E-state index contributed by atoms with van der Waals surface area (Å²) in [5, 5.41) is 2.44. The lowest BCUT2D eigenvalue weighted by Gasteiger charge is -2.16. The number of rotatable bonds is 7. The molecule has 1 heterocycles. The molecule has 0 aliphatic heterocycles. The van der Waals surface area contributed by atoms with Gasteiger partial charge in [0.05, 0.1) is 16.9 Å². The molecular weight excluding hydrogens is 486 g/mol. The van der Waals surface area contributed by atoms with Gasteiger partial charge in [0.15, 0.2) is 0 Å². The molecule has 2 aromatic rings. The molecule has 0 unspecified atom stereocenters. The Balaban J connectivity index is 1.77. The van der Waals surface area contributed by atoms with Crippen LogP contribution in [0.3, 0.4) is 0 Å². The van der Waals surface area contributed by atoms with Gasteiger partial charge in [-0.25, -0.2) is 4.79 Å². The van der Waals surface area contributed by atoms with Gasteiger partial charge in [0.25, 0.3) is 0 Å². The van der Waals surface area contributed by atoms with Gasteiger partial charge in [0, 0.05) is 30.0 Å². The maximum absolute atomic E-state index is 13.0. The quantitative estimate of drug-likeness (QED) is 0.347. The minimum Gasteiger partial charge on any atom is -0.325 e. The van der Waals surface area contributed by atoms with E-state index in [0.717, 1.165) is 29.4 Å². The first kappa shape index (κ1) is 26.1. The Hall–Kier alpha value is -2.54. The molecule has 1 N–H and O–H groups in total. The van der Waals surface area contributed by atoms with Gasteiger partial charge >= 0.3 is 18.0 Å². The highest BCUT2D eigenvalue weighted by Crippen LogP contribution is 2.37. The number of alkyl halides is 6. The number of likely N-dealkylation sites (N-methyl/N-ethyl adjacent to an activating group) is 1. The summed E-state index contributed by atoms with van der Waals surface area (Å²) in [6.07, 6.45) is -7.87. The first-order valence-corrected chi connectivity index (χ1v) is 11.2. The number of aromatic nitrogens is 2. The van der Waals surface area contributed by atoms with Crippen LogP contribution in [0.15, 0.2) is 28.0 Å². The Morgan fingerprint density at radius 2 is 1.71 bits per heavy atom. The van der Waals surface area contributed by atoms with E-state index in [4.69, 9.17) is 0 Å². The van der Waals surface area contributed by atoms with Gasteiger partial charge in [0.2, 0.25) is 5.91 Å². The van der Waals surface area contributed by atoms with Crippen molar-refractivity contribution < 1.29 is 31.1 Å². The third-order valence-corrected chi connectivity index (χ3v) is 6.20. The fourth-order valence-corrected chi connectivity index (χ4v) is 4.47. The number of anilines is 1. The zero-order chi connectivity index (χ0) is 25.3. The van der Waals surface area contributed by atoms with Crippen LogP contribution in [0.25, 0.3) is 0 Å². The van der Waals surface area contributed by atoms with Gasteiger partial charge < -0.3 is 10.2 Å². The number of fused-ring (bicyclic) bond motifs is 1. The van der Waals surface area contributed by atoms with E-state index in [1.165, 1.54) is 0 Å². The van der Waals surface area contributed by atoms with Gasteiger partial charge in [0.1, 0.15) is 5.03 Å².